The zero-order chi connectivity index (χ0) is 17.7. The number of aromatic hydroxyl groups is 1. The molecule has 1 aromatic heterocycles. The number of carbonyl (C=O) groups is 1. The van der Waals surface area contributed by atoms with Crippen LogP contribution in [-0.4, -0.2) is 18.1 Å². The molecule has 1 aliphatic carbocycles. The van der Waals surface area contributed by atoms with Crippen LogP contribution < -0.4 is 15.4 Å². The number of aryl methyl sites for hydroxylation is 1. The second-order valence-corrected chi connectivity index (χ2v) is 8.86. The molecule has 0 radical (unpaired) electrons. The number of halogens is 2. The Kier molecular flexibility index (Phi) is 4.45. The summed E-state index contributed by atoms with van der Waals surface area (Å²) in [6.07, 6.45) is 3.75. The monoisotopic (exact) mass is 486 g/mol. The van der Waals surface area contributed by atoms with Crippen LogP contribution in [0.3, 0.4) is 0 Å². The van der Waals surface area contributed by atoms with Crippen LogP contribution in [-0.2, 0) is 12.8 Å². The minimum absolute atomic E-state index is 0.000134. The summed E-state index contributed by atoms with van der Waals surface area (Å²) in [5.74, 6) is 0.251. The minimum Gasteiger partial charge on any atom is -0.504 e. The lowest BCUT2D eigenvalue weighted by Gasteiger charge is -2.28. The topological polar surface area (TPSA) is 70.6 Å². The van der Waals surface area contributed by atoms with Crippen molar-refractivity contribution in [3.05, 3.63) is 36.6 Å². The number of phenolic OH excluding ortho intramolecular Hbond substituents is 1. The molecule has 4 rings (SSSR count). The van der Waals surface area contributed by atoms with E-state index < -0.39 is 6.17 Å². The molecular formula is C17H16Br2N2O3S. The summed E-state index contributed by atoms with van der Waals surface area (Å²) in [6.45, 7) is 0. The molecule has 5 nitrogen and oxygen atoms in total. The van der Waals surface area contributed by atoms with Crippen LogP contribution in [0.1, 0.15) is 45.4 Å². The van der Waals surface area contributed by atoms with Gasteiger partial charge in [0.15, 0.2) is 11.5 Å². The summed E-state index contributed by atoms with van der Waals surface area (Å²) in [5.41, 5.74) is 2.50. The van der Waals surface area contributed by atoms with Gasteiger partial charge in [0, 0.05) is 13.8 Å². The first-order valence-electron chi connectivity index (χ1n) is 7.98. The van der Waals surface area contributed by atoms with E-state index in [9.17, 15) is 9.90 Å². The highest BCUT2D eigenvalue weighted by atomic mass is 79.9. The van der Waals surface area contributed by atoms with Gasteiger partial charge in [0.1, 0.15) is 11.2 Å². The van der Waals surface area contributed by atoms with Crippen LogP contribution >= 0.6 is 43.2 Å². The summed E-state index contributed by atoms with van der Waals surface area (Å²) < 4.78 is 6.65. The fourth-order valence-electron chi connectivity index (χ4n) is 3.45. The van der Waals surface area contributed by atoms with Crippen LogP contribution in [0.25, 0.3) is 0 Å². The van der Waals surface area contributed by atoms with Gasteiger partial charge in [-0.15, -0.1) is 11.3 Å². The van der Waals surface area contributed by atoms with Crippen molar-refractivity contribution < 1.29 is 14.6 Å². The molecule has 0 saturated carbocycles. The molecule has 2 aliphatic rings. The van der Waals surface area contributed by atoms with Gasteiger partial charge in [-0.05, 0) is 69.2 Å². The third kappa shape index (κ3) is 2.74. The SMILES string of the molecule is COc1cc(Br)c(Br)c(C2NC(=O)c3c(sc4c3CCCC4)N2)c1O. The van der Waals surface area contributed by atoms with Crippen molar-refractivity contribution in [2.75, 3.05) is 12.4 Å². The van der Waals surface area contributed by atoms with Crippen molar-refractivity contribution in [1.29, 1.82) is 0 Å². The van der Waals surface area contributed by atoms with E-state index in [1.807, 2.05) is 0 Å². The van der Waals surface area contributed by atoms with Crippen molar-refractivity contribution in [2.24, 2.45) is 0 Å². The Balaban J connectivity index is 1.79. The molecule has 2 heterocycles. The van der Waals surface area contributed by atoms with Gasteiger partial charge in [0.2, 0.25) is 0 Å². The Morgan fingerprint density at radius 1 is 1.28 bits per heavy atom. The number of benzene rings is 1. The molecule has 0 bridgehead atoms. The number of hydrogen-bond donors (Lipinski definition) is 3. The maximum atomic E-state index is 12.8. The van der Waals surface area contributed by atoms with E-state index >= 15 is 0 Å². The van der Waals surface area contributed by atoms with E-state index in [2.05, 4.69) is 42.5 Å². The van der Waals surface area contributed by atoms with E-state index in [-0.39, 0.29) is 11.7 Å². The maximum Gasteiger partial charge on any atom is 0.256 e. The number of carbonyl (C=O) groups excluding carboxylic acids is 1. The number of nitrogens with one attached hydrogen (secondary N) is 2. The van der Waals surface area contributed by atoms with Gasteiger partial charge in [0.05, 0.1) is 18.2 Å². The van der Waals surface area contributed by atoms with Gasteiger partial charge in [-0.2, -0.15) is 0 Å². The van der Waals surface area contributed by atoms with Crippen molar-refractivity contribution in [2.45, 2.75) is 31.8 Å². The predicted molar refractivity (Wildman–Crippen MR) is 105 cm³/mol. The molecule has 2 aromatic rings. The third-order valence-corrected chi connectivity index (χ3v) is 7.89. The zero-order valence-electron chi connectivity index (χ0n) is 13.4. The van der Waals surface area contributed by atoms with E-state index in [1.165, 1.54) is 24.0 Å². The molecule has 0 fully saturated rings. The van der Waals surface area contributed by atoms with Crippen LogP contribution in [0, 0.1) is 0 Å². The number of ether oxygens (including phenoxy) is 1. The minimum atomic E-state index is -0.541. The van der Waals surface area contributed by atoms with Crippen LogP contribution in [0.4, 0.5) is 5.00 Å². The van der Waals surface area contributed by atoms with E-state index in [0.717, 1.165) is 34.3 Å². The molecule has 25 heavy (non-hydrogen) atoms. The molecule has 0 spiro atoms. The maximum absolute atomic E-state index is 12.8. The highest BCUT2D eigenvalue weighted by Crippen LogP contribution is 2.47. The third-order valence-electron chi connectivity index (χ3n) is 4.65. The Morgan fingerprint density at radius 2 is 2.04 bits per heavy atom. The van der Waals surface area contributed by atoms with E-state index in [0.29, 0.717) is 15.8 Å². The molecule has 1 atom stereocenters. The van der Waals surface area contributed by atoms with Crippen molar-refractivity contribution >= 4 is 54.1 Å². The van der Waals surface area contributed by atoms with Crippen LogP contribution in [0.5, 0.6) is 11.5 Å². The summed E-state index contributed by atoms with van der Waals surface area (Å²) in [4.78, 5) is 14.1. The predicted octanol–water partition coefficient (Wildman–Crippen LogP) is 4.72. The molecule has 1 unspecified atom stereocenters. The summed E-state index contributed by atoms with van der Waals surface area (Å²) in [5, 5.41) is 17.8. The molecule has 0 saturated heterocycles. The second-order valence-electron chi connectivity index (χ2n) is 6.10. The van der Waals surface area contributed by atoms with Crippen molar-refractivity contribution in [3.8, 4) is 11.5 Å². The molecule has 1 aliphatic heterocycles. The molecule has 132 valence electrons. The smallest absolute Gasteiger partial charge is 0.256 e. The zero-order valence-corrected chi connectivity index (χ0v) is 17.4. The Hall–Kier alpha value is -1.25. The average molecular weight is 488 g/mol. The molecule has 8 heteroatoms. The Bertz CT molecular complexity index is 882. The number of fused-ring (bicyclic) bond motifs is 3. The van der Waals surface area contributed by atoms with Crippen molar-refractivity contribution in [1.82, 2.24) is 5.32 Å². The van der Waals surface area contributed by atoms with Crippen molar-refractivity contribution in [3.63, 3.8) is 0 Å². The molecule has 1 amide bonds. The Labute approximate surface area is 166 Å². The van der Waals surface area contributed by atoms with Gasteiger partial charge in [-0.25, -0.2) is 0 Å². The van der Waals surface area contributed by atoms with Gasteiger partial charge < -0.3 is 20.5 Å². The molecular weight excluding hydrogens is 472 g/mol. The Morgan fingerprint density at radius 3 is 2.80 bits per heavy atom. The number of hydrogen-bond acceptors (Lipinski definition) is 5. The van der Waals surface area contributed by atoms with Gasteiger partial charge >= 0.3 is 0 Å². The lowest BCUT2D eigenvalue weighted by atomic mass is 9.94. The quantitative estimate of drug-likeness (QED) is 0.573. The van der Waals surface area contributed by atoms with Crippen LogP contribution in [0.15, 0.2) is 15.0 Å². The fraction of sp³-hybridized carbons (Fsp3) is 0.353. The molecule has 3 N–H and O–H groups in total. The first-order chi connectivity index (χ1) is 12.0. The fourth-order valence-corrected chi connectivity index (χ4v) is 5.72. The number of amides is 1. The van der Waals surface area contributed by atoms with Gasteiger partial charge in [0.25, 0.3) is 5.91 Å². The second kappa shape index (κ2) is 6.48. The largest absolute Gasteiger partial charge is 0.504 e. The number of thiophene rings is 1. The number of anilines is 1. The average Bonchev–Trinajstić information content (AvgIpc) is 2.97. The van der Waals surface area contributed by atoms with Gasteiger partial charge in [-0.1, -0.05) is 0 Å². The van der Waals surface area contributed by atoms with Gasteiger partial charge in [-0.3, -0.25) is 4.79 Å². The number of methoxy groups -OCH3 is 1. The van der Waals surface area contributed by atoms with Crippen LogP contribution in [0.2, 0.25) is 0 Å². The number of rotatable bonds is 2. The lowest BCUT2D eigenvalue weighted by Crippen LogP contribution is -2.38. The first-order valence-corrected chi connectivity index (χ1v) is 10.4. The normalized spacial score (nSPS) is 18.8. The summed E-state index contributed by atoms with van der Waals surface area (Å²) in [6, 6.07) is 1.68. The summed E-state index contributed by atoms with van der Waals surface area (Å²) in [7, 11) is 1.50. The summed E-state index contributed by atoms with van der Waals surface area (Å²) >= 11 is 8.61. The van der Waals surface area contributed by atoms with E-state index in [4.69, 9.17) is 4.74 Å². The molecule has 1 aromatic carbocycles. The number of phenols is 1. The highest BCUT2D eigenvalue weighted by Gasteiger charge is 2.34. The lowest BCUT2D eigenvalue weighted by molar-refractivity contribution is 0.0934. The van der Waals surface area contributed by atoms with E-state index in [1.54, 1.807) is 17.4 Å². The standard InChI is InChI=1S/C17H16Br2N2O3S/c1-24-9-6-8(18)13(19)12(14(9)22)15-20-16(23)11-7-4-2-3-5-10(7)25-17(11)21-15/h6,15,21-22H,2-5H2,1H3,(H,20,23). The first kappa shape index (κ1) is 17.2. The highest BCUT2D eigenvalue weighted by molar-refractivity contribution is 9.13.